The van der Waals surface area contributed by atoms with Gasteiger partial charge in [-0.25, -0.2) is 4.79 Å². The third kappa shape index (κ3) is 7.42. The highest BCUT2D eigenvalue weighted by Crippen LogP contribution is 2.28. The van der Waals surface area contributed by atoms with Crippen molar-refractivity contribution in [1.82, 2.24) is 15.2 Å². The minimum absolute atomic E-state index is 0.0898. The molecule has 2 rings (SSSR count). The van der Waals surface area contributed by atoms with E-state index in [9.17, 15) is 14.8 Å². The molecule has 1 N–H and O–H groups in total. The summed E-state index contributed by atoms with van der Waals surface area (Å²) in [6, 6.07) is -0.845. The highest BCUT2D eigenvalue weighted by atomic mass is 16.5. The summed E-state index contributed by atoms with van der Waals surface area (Å²) in [5, 5.41) is 14.4. The lowest BCUT2D eigenvalue weighted by Crippen LogP contribution is -2.48. The van der Waals surface area contributed by atoms with E-state index in [2.05, 4.69) is 24.0 Å². The molecule has 1 aliphatic carbocycles. The van der Waals surface area contributed by atoms with Crippen LogP contribution in [0.25, 0.3) is 0 Å². The normalized spacial score (nSPS) is 15.1. The Balaban J connectivity index is 2.09. The molecule has 1 aromatic rings. The summed E-state index contributed by atoms with van der Waals surface area (Å²) < 4.78 is 5.36. The number of hydroxylamine groups is 2. The number of nitrogens with zero attached hydrogens (tertiary/aromatic N) is 4. The first-order valence-corrected chi connectivity index (χ1v) is 10.7. The van der Waals surface area contributed by atoms with Crippen molar-refractivity contribution < 1.29 is 19.3 Å². The lowest BCUT2D eigenvalue weighted by Gasteiger charge is -2.29. The van der Waals surface area contributed by atoms with Crippen molar-refractivity contribution in [3.05, 3.63) is 5.89 Å². The van der Waals surface area contributed by atoms with Gasteiger partial charge in [0.1, 0.15) is 0 Å². The number of rotatable bonds is 8. The van der Waals surface area contributed by atoms with Crippen LogP contribution in [-0.4, -0.2) is 38.9 Å². The molecule has 0 atom stereocenters. The molecule has 1 aromatic heterocycles. The Hall–Kier alpha value is -1.96. The minimum Gasteiger partial charge on any atom is -0.337 e. The van der Waals surface area contributed by atoms with Crippen LogP contribution in [0.4, 0.5) is 10.7 Å². The van der Waals surface area contributed by atoms with Crippen LogP contribution in [0.3, 0.4) is 0 Å². The minimum atomic E-state index is -0.845. The molecule has 0 unspecified atom stereocenters. The molecule has 1 saturated carbocycles. The highest BCUT2D eigenvalue weighted by molar-refractivity contribution is 6.00. The second kappa shape index (κ2) is 10.2. The number of urea groups is 1. The van der Waals surface area contributed by atoms with Gasteiger partial charge in [0, 0.05) is 19.4 Å². The summed E-state index contributed by atoms with van der Waals surface area (Å²) in [5.74, 6) is 0.954. The van der Waals surface area contributed by atoms with Crippen LogP contribution >= 0.6 is 0 Å². The van der Waals surface area contributed by atoms with Crippen molar-refractivity contribution in [3.8, 4) is 0 Å². The zero-order valence-corrected chi connectivity index (χ0v) is 18.5. The summed E-state index contributed by atoms with van der Waals surface area (Å²) >= 11 is 0. The maximum Gasteiger partial charge on any atom is 0.358 e. The van der Waals surface area contributed by atoms with Gasteiger partial charge in [0.05, 0.1) is 0 Å². The topological polar surface area (TPSA) is 99.8 Å². The zero-order chi connectivity index (χ0) is 21.6. The van der Waals surface area contributed by atoms with E-state index in [0.717, 1.165) is 19.3 Å². The standard InChI is InChI=1S/C21H36N4O4/c1-15(2)9-8-12-18(26)25(28)20(27)24(14-21(3,4)5)19-22-17(29-23-19)13-16-10-6-7-11-16/h15-16,28H,6-14H2,1-5H3. The van der Waals surface area contributed by atoms with Gasteiger partial charge in [0.25, 0.3) is 11.9 Å². The Labute approximate surface area is 173 Å². The summed E-state index contributed by atoms with van der Waals surface area (Å²) in [6.07, 6.45) is 7.03. The monoisotopic (exact) mass is 408 g/mol. The Morgan fingerprint density at radius 1 is 1.24 bits per heavy atom. The number of hydrogen-bond donors (Lipinski definition) is 1. The number of hydrogen-bond acceptors (Lipinski definition) is 6. The van der Waals surface area contributed by atoms with Crippen LogP contribution < -0.4 is 4.90 Å². The third-order valence-electron chi connectivity index (χ3n) is 5.09. The quantitative estimate of drug-likeness (QED) is 0.489. The fourth-order valence-corrected chi connectivity index (χ4v) is 3.59. The predicted octanol–water partition coefficient (Wildman–Crippen LogP) is 4.82. The van der Waals surface area contributed by atoms with E-state index in [4.69, 9.17) is 4.52 Å². The molecule has 1 fully saturated rings. The first kappa shape index (κ1) is 23.3. The maximum absolute atomic E-state index is 12.9. The van der Waals surface area contributed by atoms with E-state index in [1.807, 2.05) is 20.8 Å². The van der Waals surface area contributed by atoms with Crippen LogP contribution in [-0.2, 0) is 11.2 Å². The van der Waals surface area contributed by atoms with E-state index < -0.39 is 11.9 Å². The van der Waals surface area contributed by atoms with Gasteiger partial charge in [-0.3, -0.25) is 14.9 Å². The Morgan fingerprint density at radius 3 is 2.48 bits per heavy atom. The summed E-state index contributed by atoms with van der Waals surface area (Å²) in [5.41, 5.74) is -0.288. The molecule has 164 valence electrons. The van der Waals surface area contributed by atoms with Crippen LogP contribution in [0.5, 0.6) is 0 Å². The average Bonchev–Trinajstić information content (AvgIpc) is 3.29. The largest absolute Gasteiger partial charge is 0.358 e. The van der Waals surface area contributed by atoms with E-state index in [0.29, 0.717) is 30.6 Å². The molecule has 29 heavy (non-hydrogen) atoms. The van der Waals surface area contributed by atoms with Gasteiger partial charge in [-0.1, -0.05) is 53.9 Å². The molecule has 1 aliphatic rings. The lowest BCUT2D eigenvalue weighted by atomic mass is 9.96. The van der Waals surface area contributed by atoms with Gasteiger partial charge in [-0.15, -0.1) is 5.06 Å². The van der Waals surface area contributed by atoms with Crippen molar-refractivity contribution in [3.63, 3.8) is 0 Å². The van der Waals surface area contributed by atoms with Gasteiger partial charge >= 0.3 is 6.03 Å². The lowest BCUT2D eigenvalue weighted by molar-refractivity contribution is -0.152. The third-order valence-corrected chi connectivity index (χ3v) is 5.09. The Kier molecular flexibility index (Phi) is 8.19. The number of aromatic nitrogens is 2. The second-order valence-electron chi connectivity index (χ2n) is 9.76. The summed E-state index contributed by atoms with van der Waals surface area (Å²) in [7, 11) is 0. The van der Waals surface area contributed by atoms with Gasteiger partial charge in [-0.05, 0) is 41.7 Å². The summed E-state index contributed by atoms with van der Waals surface area (Å²) in [4.78, 5) is 30.7. The molecule has 0 radical (unpaired) electrons. The molecule has 0 saturated heterocycles. The molecule has 8 heteroatoms. The van der Waals surface area contributed by atoms with Crippen LogP contribution in [0.1, 0.15) is 85.5 Å². The van der Waals surface area contributed by atoms with E-state index in [1.165, 1.54) is 17.7 Å². The first-order valence-electron chi connectivity index (χ1n) is 10.7. The van der Waals surface area contributed by atoms with E-state index in [1.54, 1.807) is 0 Å². The van der Waals surface area contributed by atoms with Crippen molar-refractivity contribution >= 4 is 17.9 Å². The van der Waals surface area contributed by atoms with E-state index in [-0.39, 0.29) is 29.4 Å². The Morgan fingerprint density at radius 2 is 1.90 bits per heavy atom. The smallest absolute Gasteiger partial charge is 0.337 e. The van der Waals surface area contributed by atoms with E-state index >= 15 is 0 Å². The molecular weight excluding hydrogens is 372 g/mol. The average molecular weight is 409 g/mol. The molecule has 0 aliphatic heterocycles. The zero-order valence-electron chi connectivity index (χ0n) is 18.5. The number of amides is 3. The van der Waals surface area contributed by atoms with Gasteiger partial charge in [0.15, 0.2) is 0 Å². The molecule has 0 aromatic carbocycles. The van der Waals surface area contributed by atoms with Crippen molar-refractivity contribution in [2.45, 2.75) is 86.0 Å². The number of anilines is 1. The highest BCUT2D eigenvalue weighted by Gasteiger charge is 2.32. The first-order chi connectivity index (χ1) is 13.6. The van der Waals surface area contributed by atoms with Gasteiger partial charge < -0.3 is 4.52 Å². The van der Waals surface area contributed by atoms with Crippen molar-refractivity contribution in [1.29, 1.82) is 0 Å². The Bertz CT molecular complexity index is 674. The second-order valence-corrected chi connectivity index (χ2v) is 9.76. The molecule has 8 nitrogen and oxygen atoms in total. The molecule has 0 bridgehead atoms. The number of imide groups is 1. The molecular formula is C21H36N4O4. The molecule has 3 amide bonds. The van der Waals surface area contributed by atoms with Crippen LogP contribution in [0, 0.1) is 17.3 Å². The summed E-state index contributed by atoms with van der Waals surface area (Å²) in [6.45, 7) is 10.2. The molecule has 0 spiro atoms. The van der Waals surface area contributed by atoms with Crippen LogP contribution in [0.15, 0.2) is 4.52 Å². The molecule has 1 heterocycles. The fraction of sp³-hybridized carbons (Fsp3) is 0.810. The predicted molar refractivity (Wildman–Crippen MR) is 109 cm³/mol. The van der Waals surface area contributed by atoms with Crippen molar-refractivity contribution in [2.24, 2.45) is 17.3 Å². The van der Waals surface area contributed by atoms with Crippen molar-refractivity contribution in [2.75, 3.05) is 11.4 Å². The SMILES string of the molecule is CC(C)CCCC(=O)N(O)C(=O)N(CC(C)(C)C)c1noc(CC2CCCC2)n1. The van der Waals surface area contributed by atoms with Gasteiger partial charge in [-0.2, -0.15) is 4.98 Å². The number of carbonyl (C=O) groups excluding carboxylic acids is 2. The van der Waals surface area contributed by atoms with Crippen LogP contribution in [0.2, 0.25) is 0 Å². The number of carbonyl (C=O) groups is 2. The maximum atomic E-state index is 12.9. The fourth-order valence-electron chi connectivity index (χ4n) is 3.59. The van der Waals surface area contributed by atoms with Gasteiger partial charge in [0.2, 0.25) is 5.89 Å².